The lowest BCUT2D eigenvalue weighted by Gasteiger charge is -2.31. The van der Waals surface area contributed by atoms with Crippen molar-refractivity contribution in [2.45, 2.75) is 237 Å². The number of amides is 13. The van der Waals surface area contributed by atoms with Crippen LogP contribution in [0.25, 0.3) is 0 Å². The third-order valence-electron chi connectivity index (χ3n) is 19.1. The molecule has 0 fully saturated rings. The maximum absolute atomic E-state index is 14.8. The first-order valence-electron chi connectivity index (χ1n) is 39.5. The van der Waals surface area contributed by atoms with E-state index in [1.165, 1.54) is 30.8 Å². The molecular weight excluding hydrogens is 1570 g/mol. The number of nitrogens with two attached hydrogens (primary N) is 6. The summed E-state index contributed by atoms with van der Waals surface area (Å²) in [5.74, 6) is -16.6. The summed E-state index contributed by atoms with van der Waals surface area (Å²) in [5.41, 5.74) is 35.4. The number of rotatable bonds is 57. The maximum Gasteiger partial charge on any atom is 0.326 e. The van der Waals surface area contributed by atoms with Crippen molar-refractivity contribution >= 4 is 125 Å². The Morgan fingerprint density at radius 3 is 1.37 bits per heavy atom. The molecule has 0 bridgehead atoms. The second-order valence-electron chi connectivity index (χ2n) is 29.7. The average Bonchev–Trinajstić information content (AvgIpc) is 0.858. The third kappa shape index (κ3) is 39.6. The Hall–Kier alpha value is -10.6. The van der Waals surface area contributed by atoms with Crippen LogP contribution in [-0.4, -0.2) is 238 Å². The molecular formula is C77H127N21O18S2. The topological polar surface area (TPSA) is 654 Å². The van der Waals surface area contributed by atoms with Crippen molar-refractivity contribution in [1.29, 1.82) is 0 Å². The highest BCUT2D eigenvalue weighted by Crippen LogP contribution is 2.18. The number of aliphatic imine (C=N–C) groups is 2. The number of hydrogen-bond donors (Lipinski definition) is 23. The van der Waals surface area contributed by atoms with E-state index in [9.17, 15) is 87.2 Å². The molecule has 2 aromatic rings. The summed E-state index contributed by atoms with van der Waals surface area (Å²) in [4.78, 5) is 216. The number of aromatic hydroxyl groups is 1. The first-order valence-corrected chi connectivity index (χ1v) is 41.6. The number of benzene rings is 2. The molecule has 39 nitrogen and oxygen atoms in total. The molecule has 0 spiro atoms. The van der Waals surface area contributed by atoms with E-state index in [0.717, 1.165) is 0 Å². The zero-order valence-corrected chi connectivity index (χ0v) is 70.8. The Balaban J connectivity index is 2.47. The fourth-order valence-corrected chi connectivity index (χ4v) is 12.5. The Morgan fingerprint density at radius 2 is 0.881 bits per heavy atom. The number of hydrogen-bond acceptors (Lipinski definition) is 22. The average molecular weight is 1700 g/mol. The van der Waals surface area contributed by atoms with Gasteiger partial charge in [-0.15, -0.1) is 0 Å². The number of thiol groups is 1. The van der Waals surface area contributed by atoms with Crippen LogP contribution in [0.3, 0.4) is 0 Å². The molecule has 2 rings (SSSR count). The number of carbonyl (C=O) groups excluding carboxylic acids is 13. The van der Waals surface area contributed by atoms with Gasteiger partial charge in [0.1, 0.15) is 78.3 Å². The van der Waals surface area contributed by atoms with Crippen LogP contribution < -0.4 is 104 Å². The van der Waals surface area contributed by atoms with E-state index in [1.807, 2.05) is 6.26 Å². The maximum atomic E-state index is 14.8. The van der Waals surface area contributed by atoms with Gasteiger partial charge in [-0.05, 0) is 137 Å². The molecule has 0 heterocycles. The number of nitrogens with zero attached hydrogens (tertiary/aromatic N) is 2. The van der Waals surface area contributed by atoms with E-state index in [0.29, 0.717) is 36.1 Å². The van der Waals surface area contributed by atoms with Gasteiger partial charge in [-0.25, -0.2) is 4.79 Å². The molecule has 118 heavy (non-hydrogen) atoms. The standard InChI is InChI=1S/C77H127N21O18S2/c1-11-43(7)61(97-73(113)60(42(5)6)96-69(109)52(24-19-34-85-77(82)83)90-72(112)57(40-117)88-58(100)39-86-65(105)55(38-47-25-27-48(99)28-26-47)94-64(104)49(79)31-35-118-10)74(114)92-51(23-18-33-84-76(80)81)67(107)89-50(22-16-17-32-78)66(106)87-45(9)63(103)93-54(36-41(3)4)70(110)91-53(29-30-59(101)102)68(108)95-56(37-46-20-14-13-15-21-46)71(111)98-62(75(115)116)44(8)12-2/h13-15,20-21,25-28,41-45,49-57,60-62,99,117H,11-12,16-19,22-24,29-40,78-79H2,1-10H3,(H,86,105)(H,87,106)(H,88,100)(H,89,107)(H,90,112)(H,91,110)(H,92,114)(H,93,103)(H,94,104)(H,95,108)(H,96,109)(H,97,113)(H,98,111)(H,101,102)(H,115,116)(H4,80,81,84)(H4,82,83,85)/t43-,44-,45-,49-,50-,51-,52-,53-,54-,55-,56-,57-,60-,61-,62-/m0/s1. The number of unbranched alkanes of at least 4 members (excludes halogenated alkanes) is 1. The highest BCUT2D eigenvalue weighted by atomic mass is 32.2. The van der Waals surface area contributed by atoms with Crippen molar-refractivity contribution in [3.05, 3.63) is 65.7 Å². The van der Waals surface area contributed by atoms with E-state index in [2.05, 4.69) is 91.7 Å². The van der Waals surface area contributed by atoms with Gasteiger partial charge in [0.25, 0.3) is 0 Å². The summed E-state index contributed by atoms with van der Waals surface area (Å²) in [6.45, 7) is 14.1. The SMILES string of the molecule is CC[C@H](C)[C@H](NC(=O)[C@H](Cc1ccccc1)NC(=O)[C@H](CCC(=O)O)NC(=O)[C@H](CC(C)C)NC(=O)[C@H](C)NC(=O)[C@H](CCCCN)NC(=O)[C@H](CCCN=C(N)N)NC(=O)[C@@H](NC(=O)[C@@H](NC(=O)[C@H](CCCN=C(N)N)NC(=O)[C@H](CS)NC(=O)CNC(=O)[C@H](Cc1ccc(O)cc1)NC(=O)[C@@H](N)CCSC)C(C)C)[C@@H](C)CC)C(=O)O. The van der Waals surface area contributed by atoms with Gasteiger partial charge >= 0.3 is 11.9 Å². The number of thioether (sulfide) groups is 1. The molecule has 0 aliphatic heterocycles. The zero-order valence-electron chi connectivity index (χ0n) is 69.0. The number of aliphatic carboxylic acids is 2. The van der Waals surface area contributed by atoms with E-state index in [-0.39, 0.29) is 113 Å². The van der Waals surface area contributed by atoms with Crippen LogP contribution in [-0.2, 0) is 84.8 Å². The van der Waals surface area contributed by atoms with Gasteiger partial charge in [0, 0.05) is 38.1 Å². The van der Waals surface area contributed by atoms with Gasteiger partial charge < -0.3 is 119 Å². The molecule has 0 aromatic heterocycles. The molecule has 0 unspecified atom stereocenters. The zero-order chi connectivity index (χ0) is 88.9. The van der Waals surface area contributed by atoms with Crippen LogP contribution in [0, 0.1) is 23.7 Å². The largest absolute Gasteiger partial charge is 0.508 e. The highest BCUT2D eigenvalue weighted by Gasteiger charge is 2.39. The van der Waals surface area contributed by atoms with Crippen molar-refractivity contribution in [1.82, 2.24) is 69.1 Å². The van der Waals surface area contributed by atoms with Crippen molar-refractivity contribution in [3.8, 4) is 5.75 Å². The molecule has 0 radical (unpaired) electrons. The fraction of sp³-hybridized carbons (Fsp3) is 0.623. The predicted octanol–water partition coefficient (Wildman–Crippen LogP) is -2.88. The van der Waals surface area contributed by atoms with Crippen molar-refractivity contribution < 1.29 is 87.2 Å². The Kier molecular flexibility index (Phi) is 48.4. The minimum atomic E-state index is -1.62. The number of carboxylic acid groups (broad SMARTS) is 2. The molecule has 28 N–H and O–H groups in total. The number of nitrogens with one attached hydrogen (secondary N) is 13. The van der Waals surface area contributed by atoms with Crippen LogP contribution in [0.4, 0.5) is 0 Å². The van der Waals surface area contributed by atoms with E-state index in [4.69, 9.17) is 34.4 Å². The van der Waals surface area contributed by atoms with E-state index in [1.54, 1.807) is 97.9 Å². The van der Waals surface area contributed by atoms with Gasteiger partial charge in [0.2, 0.25) is 76.8 Å². The summed E-state index contributed by atoms with van der Waals surface area (Å²) >= 11 is 5.75. The van der Waals surface area contributed by atoms with Crippen LogP contribution in [0.15, 0.2) is 64.6 Å². The lowest BCUT2D eigenvalue weighted by Crippen LogP contribution is -2.62. The van der Waals surface area contributed by atoms with Gasteiger partial charge in [-0.1, -0.05) is 111 Å². The van der Waals surface area contributed by atoms with Crippen molar-refractivity contribution in [3.63, 3.8) is 0 Å². The minimum absolute atomic E-state index is 0.0121. The Morgan fingerprint density at radius 1 is 0.458 bits per heavy atom. The van der Waals surface area contributed by atoms with Gasteiger partial charge in [-0.3, -0.25) is 77.1 Å². The first-order chi connectivity index (χ1) is 55.7. The summed E-state index contributed by atoms with van der Waals surface area (Å²) in [5, 5.41) is 63.3. The molecule has 13 amide bonds. The summed E-state index contributed by atoms with van der Waals surface area (Å²) in [6.07, 6.45) is 1.83. The monoisotopic (exact) mass is 1700 g/mol. The number of carbonyl (C=O) groups is 15. The quantitative estimate of drug-likeness (QED) is 0.0137. The second kappa shape index (κ2) is 55.2. The lowest BCUT2D eigenvalue weighted by molar-refractivity contribution is -0.144. The molecule has 15 atom stereocenters. The van der Waals surface area contributed by atoms with E-state index < -0.39 is 204 Å². The van der Waals surface area contributed by atoms with Gasteiger partial charge in [0.15, 0.2) is 11.9 Å². The van der Waals surface area contributed by atoms with Crippen molar-refractivity contribution in [2.24, 2.45) is 68.1 Å². The van der Waals surface area contributed by atoms with Crippen LogP contribution >= 0.6 is 24.4 Å². The van der Waals surface area contributed by atoms with Crippen LogP contribution in [0.2, 0.25) is 0 Å². The van der Waals surface area contributed by atoms with Crippen molar-refractivity contribution in [2.75, 3.05) is 43.9 Å². The fourth-order valence-electron chi connectivity index (χ4n) is 11.8. The molecule has 0 saturated carbocycles. The van der Waals surface area contributed by atoms with Gasteiger partial charge in [-0.2, -0.15) is 24.4 Å². The summed E-state index contributed by atoms with van der Waals surface area (Å²) in [6, 6.07) is -3.71. The second-order valence-corrected chi connectivity index (χ2v) is 31.0. The van der Waals surface area contributed by atoms with Gasteiger partial charge in [0.05, 0.1) is 12.6 Å². The number of carboxylic acids is 2. The molecule has 660 valence electrons. The van der Waals surface area contributed by atoms with E-state index >= 15 is 0 Å². The summed E-state index contributed by atoms with van der Waals surface area (Å²) < 4.78 is 0. The lowest BCUT2D eigenvalue weighted by atomic mass is 9.95. The van der Waals surface area contributed by atoms with Crippen LogP contribution in [0.1, 0.15) is 157 Å². The molecule has 0 saturated heterocycles. The number of phenols is 1. The molecule has 2 aromatic carbocycles. The summed E-state index contributed by atoms with van der Waals surface area (Å²) in [7, 11) is 0. The minimum Gasteiger partial charge on any atom is -0.508 e. The highest BCUT2D eigenvalue weighted by molar-refractivity contribution is 7.98. The third-order valence-corrected chi connectivity index (χ3v) is 20.1. The smallest absolute Gasteiger partial charge is 0.326 e. The predicted molar refractivity (Wildman–Crippen MR) is 449 cm³/mol. The Bertz CT molecular complexity index is 3670. The number of guanidine groups is 2. The Labute approximate surface area is 698 Å². The first kappa shape index (κ1) is 104. The number of phenolic OH excluding ortho intramolecular Hbond substituents is 1. The molecule has 0 aliphatic carbocycles. The normalized spacial score (nSPS) is 14.9. The van der Waals surface area contributed by atoms with Crippen LogP contribution in [0.5, 0.6) is 5.75 Å². The molecule has 0 aliphatic rings. The molecule has 41 heteroatoms.